The monoisotopic (exact) mass is 261 g/mol. The van der Waals surface area contributed by atoms with E-state index in [1.54, 1.807) is 0 Å². The van der Waals surface area contributed by atoms with Crippen LogP contribution in [0.1, 0.15) is 36.0 Å². The lowest BCUT2D eigenvalue weighted by atomic mass is 10.1. The molecule has 1 saturated heterocycles. The second kappa shape index (κ2) is 5.51. The molecule has 1 unspecified atom stereocenters. The molecule has 1 aliphatic carbocycles. The molecule has 3 rings (SSSR count). The van der Waals surface area contributed by atoms with Gasteiger partial charge in [-0.2, -0.15) is 0 Å². The Kier molecular flexibility index (Phi) is 3.76. The predicted molar refractivity (Wildman–Crippen MR) is 75.6 cm³/mol. The van der Waals surface area contributed by atoms with Gasteiger partial charge in [0.25, 0.3) is 0 Å². The lowest BCUT2D eigenvalue weighted by molar-refractivity contribution is 0.140. The Labute approximate surface area is 115 Å². The molecule has 0 bridgehead atoms. The van der Waals surface area contributed by atoms with Crippen LogP contribution in [0.2, 0.25) is 0 Å². The van der Waals surface area contributed by atoms with E-state index in [2.05, 4.69) is 31.3 Å². The summed E-state index contributed by atoms with van der Waals surface area (Å²) >= 11 is 0. The van der Waals surface area contributed by atoms with Gasteiger partial charge in [-0.3, -0.25) is 0 Å². The normalized spacial score (nSPS) is 22.7. The Balaban J connectivity index is 1.68. The average molecular weight is 261 g/mol. The molecule has 3 nitrogen and oxygen atoms in total. The summed E-state index contributed by atoms with van der Waals surface area (Å²) in [5.41, 5.74) is 3.83. The van der Waals surface area contributed by atoms with Crippen LogP contribution in [-0.4, -0.2) is 25.4 Å². The third-order valence-corrected chi connectivity index (χ3v) is 3.86. The number of hydrogen-bond acceptors (Lipinski definition) is 3. The highest BCUT2D eigenvalue weighted by molar-refractivity contribution is 5.43. The Morgan fingerprint density at radius 2 is 1.95 bits per heavy atom. The molecule has 2 fully saturated rings. The van der Waals surface area contributed by atoms with Crippen LogP contribution in [0.25, 0.3) is 0 Å². The third-order valence-electron chi connectivity index (χ3n) is 3.86. The summed E-state index contributed by atoms with van der Waals surface area (Å²) in [6, 6.07) is 5.24. The minimum absolute atomic E-state index is 0.229. The molecule has 1 aromatic rings. The first-order valence-corrected chi connectivity index (χ1v) is 7.30. The van der Waals surface area contributed by atoms with Gasteiger partial charge in [0.05, 0.1) is 13.2 Å². The molecule has 0 radical (unpaired) electrons. The van der Waals surface area contributed by atoms with Crippen molar-refractivity contribution in [3.8, 4) is 5.75 Å². The van der Waals surface area contributed by atoms with Crippen molar-refractivity contribution in [1.29, 1.82) is 0 Å². The van der Waals surface area contributed by atoms with Crippen LogP contribution < -0.4 is 10.1 Å². The molecule has 104 valence electrons. The number of ether oxygens (including phenoxy) is 2. The zero-order valence-electron chi connectivity index (χ0n) is 11.9. The average Bonchev–Trinajstić information content (AvgIpc) is 3.07. The summed E-state index contributed by atoms with van der Waals surface area (Å²) in [7, 11) is 0. The molecule has 0 spiro atoms. The molecule has 2 aliphatic rings. The van der Waals surface area contributed by atoms with Gasteiger partial charge in [0, 0.05) is 19.0 Å². The molecule has 1 atom stereocenters. The number of nitrogens with one attached hydrogen (secondary N) is 1. The highest BCUT2D eigenvalue weighted by Crippen LogP contribution is 2.28. The molecule has 3 heteroatoms. The fourth-order valence-corrected chi connectivity index (χ4v) is 2.65. The second-order valence-electron chi connectivity index (χ2n) is 5.82. The van der Waals surface area contributed by atoms with Crippen LogP contribution in [0.15, 0.2) is 12.1 Å². The van der Waals surface area contributed by atoms with Gasteiger partial charge in [0.1, 0.15) is 11.9 Å². The van der Waals surface area contributed by atoms with Gasteiger partial charge in [-0.15, -0.1) is 0 Å². The Morgan fingerprint density at radius 3 is 2.53 bits per heavy atom. The minimum atomic E-state index is 0.229. The molecule has 1 saturated carbocycles. The maximum absolute atomic E-state index is 6.08. The van der Waals surface area contributed by atoms with Crippen molar-refractivity contribution in [3.63, 3.8) is 0 Å². The lowest BCUT2D eigenvalue weighted by Crippen LogP contribution is -2.18. The van der Waals surface area contributed by atoms with Crippen molar-refractivity contribution in [2.75, 3.05) is 13.2 Å². The smallest absolute Gasteiger partial charge is 0.125 e. The van der Waals surface area contributed by atoms with Gasteiger partial charge < -0.3 is 14.8 Å². The van der Waals surface area contributed by atoms with E-state index in [9.17, 15) is 0 Å². The maximum Gasteiger partial charge on any atom is 0.125 e. The topological polar surface area (TPSA) is 30.5 Å². The first-order valence-electron chi connectivity index (χ1n) is 7.30. The largest absolute Gasteiger partial charge is 0.487 e. The van der Waals surface area contributed by atoms with Gasteiger partial charge in [0.2, 0.25) is 0 Å². The van der Waals surface area contributed by atoms with Gasteiger partial charge in [-0.1, -0.05) is 12.1 Å². The minimum Gasteiger partial charge on any atom is -0.487 e. The highest BCUT2D eigenvalue weighted by Gasteiger charge is 2.21. The summed E-state index contributed by atoms with van der Waals surface area (Å²) in [6.07, 6.45) is 3.90. The first kappa shape index (κ1) is 12.9. The van der Waals surface area contributed by atoms with Crippen LogP contribution in [0.3, 0.4) is 0 Å². The Morgan fingerprint density at radius 1 is 1.21 bits per heavy atom. The van der Waals surface area contributed by atoms with Gasteiger partial charge in [-0.25, -0.2) is 0 Å². The van der Waals surface area contributed by atoms with Gasteiger partial charge in [-0.05, 0) is 43.4 Å². The van der Waals surface area contributed by atoms with E-state index < -0.39 is 0 Å². The summed E-state index contributed by atoms with van der Waals surface area (Å²) in [6.45, 7) is 6.80. The predicted octanol–water partition coefficient (Wildman–Crippen LogP) is 2.72. The number of rotatable bonds is 5. The zero-order chi connectivity index (χ0) is 13.2. The quantitative estimate of drug-likeness (QED) is 0.884. The van der Waals surface area contributed by atoms with Crippen molar-refractivity contribution in [2.45, 2.75) is 51.8 Å². The van der Waals surface area contributed by atoms with Crippen molar-refractivity contribution in [2.24, 2.45) is 0 Å². The van der Waals surface area contributed by atoms with E-state index in [1.165, 1.54) is 29.5 Å². The first-order chi connectivity index (χ1) is 9.22. The van der Waals surface area contributed by atoms with E-state index in [0.717, 1.165) is 38.0 Å². The van der Waals surface area contributed by atoms with Crippen molar-refractivity contribution >= 4 is 0 Å². The van der Waals surface area contributed by atoms with Crippen LogP contribution >= 0.6 is 0 Å². The van der Waals surface area contributed by atoms with Crippen molar-refractivity contribution < 1.29 is 9.47 Å². The van der Waals surface area contributed by atoms with Gasteiger partial charge >= 0.3 is 0 Å². The third kappa shape index (κ3) is 3.28. The number of benzene rings is 1. The molecule has 1 aliphatic heterocycles. The summed E-state index contributed by atoms with van der Waals surface area (Å²) in [5.74, 6) is 1.05. The number of aryl methyl sites for hydroxylation is 2. The molecule has 1 heterocycles. The van der Waals surface area contributed by atoms with E-state index in [0.29, 0.717) is 0 Å². The fourth-order valence-electron chi connectivity index (χ4n) is 2.65. The van der Waals surface area contributed by atoms with Crippen LogP contribution in [0.5, 0.6) is 5.75 Å². The van der Waals surface area contributed by atoms with Crippen LogP contribution in [-0.2, 0) is 11.3 Å². The zero-order valence-corrected chi connectivity index (χ0v) is 11.9. The van der Waals surface area contributed by atoms with E-state index in [4.69, 9.17) is 9.47 Å². The standard InChI is InChI=1S/C16H23NO2/c1-11-7-13(9-17-14-3-4-14)8-12(2)16(11)19-15-5-6-18-10-15/h7-8,14-15,17H,3-6,9-10H2,1-2H3. The maximum atomic E-state index is 6.08. The molecular weight excluding hydrogens is 238 g/mol. The van der Waals surface area contributed by atoms with Crippen molar-refractivity contribution in [3.05, 3.63) is 28.8 Å². The molecule has 19 heavy (non-hydrogen) atoms. The highest BCUT2D eigenvalue weighted by atomic mass is 16.5. The molecule has 1 N–H and O–H groups in total. The number of hydrogen-bond donors (Lipinski definition) is 1. The summed E-state index contributed by atoms with van der Waals surface area (Å²) in [4.78, 5) is 0. The van der Waals surface area contributed by atoms with Gasteiger partial charge in [0.15, 0.2) is 0 Å². The molecule has 0 aromatic heterocycles. The van der Waals surface area contributed by atoms with Crippen LogP contribution in [0, 0.1) is 13.8 Å². The van der Waals surface area contributed by atoms with E-state index in [1.807, 2.05) is 0 Å². The van der Waals surface area contributed by atoms with E-state index >= 15 is 0 Å². The van der Waals surface area contributed by atoms with Crippen LogP contribution in [0.4, 0.5) is 0 Å². The second-order valence-corrected chi connectivity index (χ2v) is 5.82. The lowest BCUT2D eigenvalue weighted by Gasteiger charge is -2.18. The SMILES string of the molecule is Cc1cc(CNC2CC2)cc(C)c1OC1CCOC1. The molecular formula is C16H23NO2. The fraction of sp³-hybridized carbons (Fsp3) is 0.625. The molecule has 0 amide bonds. The Hall–Kier alpha value is -1.06. The Bertz CT molecular complexity index is 425. The van der Waals surface area contributed by atoms with Crippen molar-refractivity contribution in [1.82, 2.24) is 5.32 Å². The summed E-state index contributed by atoms with van der Waals surface area (Å²) in [5, 5.41) is 3.56. The summed E-state index contributed by atoms with van der Waals surface area (Å²) < 4.78 is 11.5. The van der Waals surface area contributed by atoms with E-state index in [-0.39, 0.29) is 6.10 Å². The molecule has 1 aromatic carbocycles.